The Morgan fingerprint density at radius 2 is 2.15 bits per heavy atom. The zero-order valence-corrected chi connectivity index (χ0v) is 11.0. The summed E-state index contributed by atoms with van der Waals surface area (Å²) in [6, 6.07) is 2.30. The van der Waals surface area contributed by atoms with E-state index in [4.69, 9.17) is 5.11 Å². The van der Waals surface area contributed by atoms with E-state index < -0.39 is 17.8 Å². The molecule has 3 amide bonds. The Morgan fingerprint density at radius 3 is 2.75 bits per heavy atom. The smallest absolute Gasteiger partial charge is 0.326 e. The number of imide groups is 1. The Morgan fingerprint density at radius 1 is 1.40 bits per heavy atom. The highest BCUT2D eigenvalue weighted by molar-refractivity contribution is 7.05. The highest BCUT2D eigenvalue weighted by Crippen LogP contribution is 2.19. The summed E-state index contributed by atoms with van der Waals surface area (Å²) in [6.07, 6.45) is 0. The van der Waals surface area contributed by atoms with Gasteiger partial charge in [-0.25, -0.2) is 9.18 Å². The van der Waals surface area contributed by atoms with Crippen LogP contribution in [0.25, 0.3) is 0 Å². The van der Waals surface area contributed by atoms with Crippen LogP contribution in [0.15, 0.2) is 18.2 Å². The van der Waals surface area contributed by atoms with E-state index in [-0.39, 0.29) is 17.1 Å². The topological polar surface area (TPSA) is 104 Å². The third-order valence-corrected chi connectivity index (χ3v) is 2.93. The van der Waals surface area contributed by atoms with Crippen molar-refractivity contribution in [3.63, 3.8) is 0 Å². The molecule has 0 unspecified atom stereocenters. The maximum Gasteiger partial charge on any atom is 0.326 e. The van der Waals surface area contributed by atoms with Crippen molar-refractivity contribution in [3.8, 4) is 5.75 Å². The van der Waals surface area contributed by atoms with Gasteiger partial charge in [0, 0.05) is 6.07 Å². The fraction of sp³-hybridized carbons (Fsp3) is 0.0909. The number of anilines is 1. The van der Waals surface area contributed by atoms with Crippen LogP contribution >= 0.6 is 11.5 Å². The van der Waals surface area contributed by atoms with Gasteiger partial charge in [-0.1, -0.05) is 4.49 Å². The largest absolute Gasteiger partial charge is 0.508 e. The number of nitrogens with one attached hydrogen (secondary N) is 2. The first-order valence-corrected chi connectivity index (χ1v) is 6.14. The molecular formula is C11H9FN4O3S. The van der Waals surface area contributed by atoms with Gasteiger partial charge in [-0.05, 0) is 30.6 Å². The fourth-order valence-electron chi connectivity index (χ4n) is 1.36. The van der Waals surface area contributed by atoms with Crippen LogP contribution in [0.4, 0.5) is 14.9 Å². The minimum Gasteiger partial charge on any atom is -0.508 e. The minimum absolute atomic E-state index is 0.0383. The quantitative estimate of drug-likeness (QED) is 0.731. The van der Waals surface area contributed by atoms with Crippen LogP contribution in [-0.4, -0.2) is 26.6 Å². The summed E-state index contributed by atoms with van der Waals surface area (Å²) < 4.78 is 16.9. The standard InChI is InChI=1S/C11H9FN4O3S/c1-5-9(15-16-20-5)10(18)14-11(19)13-8-3-2-6(17)4-7(8)12/h2-4,17H,1H3,(H2,13,14,18,19). The summed E-state index contributed by atoms with van der Waals surface area (Å²) in [5, 5.41) is 16.8. The van der Waals surface area contributed by atoms with E-state index in [1.54, 1.807) is 6.92 Å². The SMILES string of the molecule is Cc1snnc1C(=O)NC(=O)Nc1ccc(O)cc1F. The Labute approximate surface area is 116 Å². The van der Waals surface area contributed by atoms with Crippen molar-refractivity contribution in [2.24, 2.45) is 0 Å². The van der Waals surface area contributed by atoms with Gasteiger partial charge in [0.2, 0.25) is 0 Å². The summed E-state index contributed by atoms with van der Waals surface area (Å²) in [7, 11) is 0. The van der Waals surface area contributed by atoms with Crippen LogP contribution in [0, 0.1) is 12.7 Å². The number of hydrogen-bond donors (Lipinski definition) is 3. The second-order valence-electron chi connectivity index (χ2n) is 3.75. The van der Waals surface area contributed by atoms with Crippen molar-refractivity contribution in [2.75, 3.05) is 5.32 Å². The van der Waals surface area contributed by atoms with Crippen LogP contribution < -0.4 is 10.6 Å². The lowest BCUT2D eigenvalue weighted by Crippen LogP contribution is -2.35. The molecular weight excluding hydrogens is 287 g/mol. The average Bonchev–Trinajstić information content (AvgIpc) is 2.79. The van der Waals surface area contributed by atoms with E-state index in [0.29, 0.717) is 4.88 Å². The summed E-state index contributed by atoms with van der Waals surface area (Å²) in [4.78, 5) is 23.8. The molecule has 20 heavy (non-hydrogen) atoms. The number of hydrogen-bond acceptors (Lipinski definition) is 6. The number of urea groups is 1. The summed E-state index contributed by atoms with van der Waals surface area (Å²) in [5.41, 5.74) is -0.127. The molecule has 1 aromatic heterocycles. The number of rotatable bonds is 2. The number of nitrogens with zero attached hydrogens (tertiary/aromatic N) is 2. The van der Waals surface area contributed by atoms with Gasteiger partial charge in [-0.3, -0.25) is 10.1 Å². The lowest BCUT2D eigenvalue weighted by atomic mass is 10.3. The van der Waals surface area contributed by atoms with E-state index in [0.717, 1.165) is 17.6 Å². The molecule has 0 saturated carbocycles. The molecule has 0 spiro atoms. The normalized spacial score (nSPS) is 10.1. The Balaban J connectivity index is 2.03. The van der Waals surface area contributed by atoms with Crippen molar-refractivity contribution >= 4 is 29.2 Å². The third kappa shape index (κ3) is 3.06. The molecule has 0 aliphatic carbocycles. The van der Waals surface area contributed by atoms with E-state index in [2.05, 4.69) is 14.9 Å². The predicted octanol–water partition coefficient (Wildman–Crippen LogP) is 1.65. The molecule has 2 aromatic rings. The van der Waals surface area contributed by atoms with Gasteiger partial charge in [0.1, 0.15) is 11.6 Å². The Kier molecular flexibility index (Phi) is 3.89. The molecule has 9 heteroatoms. The molecule has 104 valence electrons. The maximum atomic E-state index is 13.4. The number of carbonyl (C=O) groups excluding carboxylic acids is 2. The van der Waals surface area contributed by atoms with E-state index in [9.17, 15) is 14.0 Å². The average molecular weight is 296 g/mol. The summed E-state index contributed by atoms with van der Waals surface area (Å²) >= 11 is 1.03. The van der Waals surface area contributed by atoms with Crippen LogP contribution in [0.5, 0.6) is 5.75 Å². The molecule has 3 N–H and O–H groups in total. The Hall–Kier alpha value is -2.55. The number of aromatic hydroxyl groups is 1. The minimum atomic E-state index is -0.910. The van der Waals surface area contributed by atoms with Crippen LogP contribution in [0.1, 0.15) is 15.4 Å². The van der Waals surface area contributed by atoms with Gasteiger partial charge in [0.15, 0.2) is 5.69 Å². The van der Waals surface area contributed by atoms with Gasteiger partial charge in [0.05, 0.1) is 10.6 Å². The maximum absolute atomic E-state index is 13.4. The first-order valence-electron chi connectivity index (χ1n) is 5.37. The molecule has 0 saturated heterocycles. The lowest BCUT2D eigenvalue weighted by Gasteiger charge is -2.07. The van der Waals surface area contributed by atoms with Gasteiger partial charge in [-0.2, -0.15) is 0 Å². The molecule has 1 heterocycles. The molecule has 0 fully saturated rings. The van der Waals surface area contributed by atoms with Crippen molar-refractivity contribution < 1.29 is 19.1 Å². The van der Waals surface area contributed by atoms with Crippen molar-refractivity contribution in [1.29, 1.82) is 0 Å². The first-order chi connectivity index (χ1) is 9.47. The number of halogens is 1. The van der Waals surface area contributed by atoms with Crippen LogP contribution in [0.2, 0.25) is 0 Å². The number of benzene rings is 1. The van der Waals surface area contributed by atoms with Crippen molar-refractivity contribution in [1.82, 2.24) is 14.9 Å². The molecule has 0 aliphatic rings. The van der Waals surface area contributed by atoms with E-state index in [1.807, 2.05) is 5.32 Å². The molecule has 0 atom stereocenters. The molecule has 2 rings (SSSR count). The number of carbonyl (C=O) groups is 2. The highest BCUT2D eigenvalue weighted by Gasteiger charge is 2.17. The summed E-state index contributed by atoms with van der Waals surface area (Å²) in [6.45, 7) is 1.64. The van der Waals surface area contributed by atoms with Gasteiger partial charge in [0.25, 0.3) is 5.91 Å². The molecule has 0 bridgehead atoms. The second-order valence-corrected chi connectivity index (χ2v) is 4.71. The molecule has 0 aliphatic heterocycles. The predicted molar refractivity (Wildman–Crippen MR) is 69.2 cm³/mol. The van der Waals surface area contributed by atoms with Crippen LogP contribution in [0.3, 0.4) is 0 Å². The zero-order chi connectivity index (χ0) is 14.7. The van der Waals surface area contributed by atoms with Gasteiger partial charge in [-0.15, -0.1) is 5.10 Å². The fourth-order valence-corrected chi connectivity index (χ4v) is 1.83. The number of phenolic OH excluding ortho intramolecular Hbond substituents is 1. The highest BCUT2D eigenvalue weighted by atomic mass is 32.1. The third-order valence-electron chi connectivity index (χ3n) is 2.30. The molecule has 0 radical (unpaired) electrons. The number of aryl methyl sites for hydroxylation is 1. The van der Waals surface area contributed by atoms with E-state index in [1.165, 1.54) is 12.1 Å². The monoisotopic (exact) mass is 296 g/mol. The summed E-state index contributed by atoms with van der Waals surface area (Å²) in [5.74, 6) is -1.82. The van der Waals surface area contributed by atoms with Gasteiger partial charge >= 0.3 is 6.03 Å². The van der Waals surface area contributed by atoms with E-state index >= 15 is 0 Å². The number of aromatic nitrogens is 2. The lowest BCUT2D eigenvalue weighted by molar-refractivity contribution is 0.0961. The zero-order valence-electron chi connectivity index (χ0n) is 10.2. The van der Waals surface area contributed by atoms with Crippen LogP contribution in [-0.2, 0) is 0 Å². The van der Waals surface area contributed by atoms with Crippen molar-refractivity contribution in [3.05, 3.63) is 34.6 Å². The second kappa shape index (κ2) is 5.61. The number of amides is 3. The number of phenols is 1. The molecule has 7 nitrogen and oxygen atoms in total. The first kappa shape index (κ1) is 13.9. The van der Waals surface area contributed by atoms with Gasteiger partial charge < -0.3 is 10.4 Å². The van der Waals surface area contributed by atoms with Crippen molar-refractivity contribution in [2.45, 2.75) is 6.92 Å². The molecule has 1 aromatic carbocycles. The Bertz CT molecular complexity index is 673.